The summed E-state index contributed by atoms with van der Waals surface area (Å²) in [6.45, 7) is 4.41. The molecule has 0 spiro atoms. The molecule has 0 aromatic carbocycles. The summed E-state index contributed by atoms with van der Waals surface area (Å²) in [5.74, 6) is -0.111. The van der Waals surface area contributed by atoms with Gasteiger partial charge in [-0.25, -0.2) is 4.98 Å². The molecule has 6 heteroatoms. The highest BCUT2D eigenvalue weighted by Gasteiger charge is 2.26. The molecule has 2 rings (SSSR count). The van der Waals surface area contributed by atoms with Gasteiger partial charge in [0, 0.05) is 23.5 Å². The Hall–Kier alpha value is -1.43. The van der Waals surface area contributed by atoms with E-state index >= 15 is 0 Å². The first-order valence-corrected chi connectivity index (χ1v) is 6.41. The third-order valence-corrected chi connectivity index (χ3v) is 3.69. The van der Waals surface area contributed by atoms with Gasteiger partial charge >= 0.3 is 0 Å². The highest BCUT2D eigenvalue weighted by molar-refractivity contribution is 7.09. The van der Waals surface area contributed by atoms with Gasteiger partial charge in [0.05, 0.1) is 13.1 Å². The molecule has 1 aromatic rings. The van der Waals surface area contributed by atoms with Gasteiger partial charge in [0.2, 0.25) is 11.8 Å². The van der Waals surface area contributed by atoms with Crippen LogP contribution in [0.25, 0.3) is 0 Å². The first kappa shape index (κ1) is 12.0. The fraction of sp³-hybridized carbons (Fsp3) is 0.545. The second kappa shape index (κ2) is 4.83. The van der Waals surface area contributed by atoms with Gasteiger partial charge in [-0.2, -0.15) is 0 Å². The lowest BCUT2D eigenvalue weighted by atomic mass is 10.2. The van der Waals surface area contributed by atoms with Gasteiger partial charge in [0.25, 0.3) is 0 Å². The summed E-state index contributed by atoms with van der Waals surface area (Å²) in [7, 11) is 0. The maximum Gasteiger partial charge on any atom is 0.242 e. The van der Waals surface area contributed by atoms with E-state index in [-0.39, 0.29) is 24.4 Å². The van der Waals surface area contributed by atoms with E-state index in [4.69, 9.17) is 0 Å². The molecule has 1 aliphatic heterocycles. The van der Waals surface area contributed by atoms with E-state index in [0.29, 0.717) is 13.0 Å². The Balaban J connectivity index is 2.12. The topological polar surface area (TPSA) is 62.3 Å². The van der Waals surface area contributed by atoms with Crippen LogP contribution >= 0.6 is 11.3 Å². The minimum atomic E-state index is -0.0748. The number of amides is 2. The fourth-order valence-corrected chi connectivity index (χ4v) is 2.61. The maximum atomic E-state index is 11.9. The zero-order chi connectivity index (χ0) is 12.4. The number of aromatic nitrogens is 1. The number of carbonyl (C=O) groups is 2. The van der Waals surface area contributed by atoms with Gasteiger partial charge in [-0.3, -0.25) is 9.59 Å². The summed E-state index contributed by atoms with van der Waals surface area (Å²) in [6, 6.07) is -0.0748. The summed E-state index contributed by atoms with van der Waals surface area (Å²) in [5.41, 5.74) is 0.967. The molecule has 2 heterocycles. The lowest BCUT2D eigenvalue weighted by Crippen LogP contribution is -2.39. The van der Waals surface area contributed by atoms with E-state index in [0.717, 1.165) is 10.7 Å². The third kappa shape index (κ3) is 2.82. The van der Waals surface area contributed by atoms with Crippen molar-refractivity contribution >= 4 is 23.2 Å². The van der Waals surface area contributed by atoms with Crippen LogP contribution in [0, 0.1) is 6.92 Å². The van der Waals surface area contributed by atoms with E-state index < -0.39 is 0 Å². The van der Waals surface area contributed by atoms with Crippen LogP contribution in [0.1, 0.15) is 24.0 Å². The van der Waals surface area contributed by atoms with Crippen LogP contribution in [-0.2, 0) is 16.1 Å². The summed E-state index contributed by atoms with van der Waals surface area (Å²) in [4.78, 5) is 29.3. The number of thiazole rings is 1. The molecule has 1 N–H and O–H groups in total. The van der Waals surface area contributed by atoms with E-state index in [9.17, 15) is 9.59 Å². The third-order valence-electron chi connectivity index (χ3n) is 2.74. The molecule has 1 atom stereocenters. The zero-order valence-electron chi connectivity index (χ0n) is 9.90. The second-order valence-corrected chi connectivity index (χ2v) is 5.18. The minimum Gasteiger partial charge on any atom is -0.347 e. The van der Waals surface area contributed by atoms with Crippen LogP contribution in [0.4, 0.5) is 0 Å². The Morgan fingerprint density at radius 2 is 2.35 bits per heavy atom. The first-order valence-electron chi connectivity index (χ1n) is 5.53. The fourth-order valence-electron chi connectivity index (χ4n) is 1.84. The van der Waals surface area contributed by atoms with Crippen LogP contribution in [0.3, 0.4) is 0 Å². The molecule has 1 aliphatic rings. The average molecular weight is 253 g/mol. The molecule has 5 nitrogen and oxygen atoms in total. The van der Waals surface area contributed by atoms with Crippen LogP contribution in [0.15, 0.2) is 5.38 Å². The molecule has 1 saturated heterocycles. The minimum absolute atomic E-state index is 0.0452. The Labute approximate surface area is 104 Å². The number of aryl methyl sites for hydroxylation is 1. The molecule has 0 saturated carbocycles. The second-order valence-electron chi connectivity index (χ2n) is 4.23. The standard InChI is InChI=1S/C11H15N3O2S/c1-7-6-17-10(13-7)5-14-8(2)3-9(15)12-4-11(14)16/h6,8H,3-5H2,1-2H3,(H,12,15). The normalized spacial score (nSPS) is 21.3. The first-order chi connectivity index (χ1) is 8.06. The summed E-state index contributed by atoms with van der Waals surface area (Å²) < 4.78 is 0. The number of hydrogen-bond donors (Lipinski definition) is 1. The van der Waals surface area contributed by atoms with Gasteiger partial charge in [-0.1, -0.05) is 0 Å². The Morgan fingerprint density at radius 1 is 1.59 bits per heavy atom. The Bertz CT molecular complexity index is 444. The average Bonchev–Trinajstić information content (AvgIpc) is 2.63. The van der Waals surface area contributed by atoms with Crippen molar-refractivity contribution in [3.05, 3.63) is 16.1 Å². The van der Waals surface area contributed by atoms with Crippen LogP contribution in [-0.4, -0.2) is 34.3 Å². The molecule has 92 valence electrons. The van der Waals surface area contributed by atoms with Gasteiger partial charge in [0.1, 0.15) is 5.01 Å². The molecule has 1 unspecified atom stereocenters. The van der Waals surface area contributed by atoms with Crippen molar-refractivity contribution in [2.24, 2.45) is 0 Å². The molecular formula is C11H15N3O2S. The predicted octanol–water partition coefficient (Wildman–Crippen LogP) is 0.689. The summed E-state index contributed by atoms with van der Waals surface area (Å²) in [6.07, 6.45) is 0.357. The number of rotatable bonds is 2. The summed E-state index contributed by atoms with van der Waals surface area (Å²) in [5, 5.41) is 5.48. The molecule has 0 bridgehead atoms. The number of nitrogens with zero attached hydrogens (tertiary/aromatic N) is 2. The molecule has 1 aromatic heterocycles. The van der Waals surface area contributed by atoms with Crippen molar-refractivity contribution in [2.45, 2.75) is 32.9 Å². The van der Waals surface area contributed by atoms with Gasteiger partial charge in [-0.15, -0.1) is 11.3 Å². The quantitative estimate of drug-likeness (QED) is 0.843. The molecule has 2 amide bonds. The van der Waals surface area contributed by atoms with Crippen LogP contribution < -0.4 is 5.32 Å². The highest BCUT2D eigenvalue weighted by atomic mass is 32.1. The van der Waals surface area contributed by atoms with E-state index in [1.165, 1.54) is 0 Å². The largest absolute Gasteiger partial charge is 0.347 e. The maximum absolute atomic E-state index is 11.9. The molecule has 1 fully saturated rings. The van der Waals surface area contributed by atoms with Crippen molar-refractivity contribution in [2.75, 3.05) is 6.54 Å². The van der Waals surface area contributed by atoms with Crippen molar-refractivity contribution in [1.82, 2.24) is 15.2 Å². The highest BCUT2D eigenvalue weighted by Crippen LogP contribution is 2.16. The number of hydrogen-bond acceptors (Lipinski definition) is 4. The van der Waals surface area contributed by atoms with E-state index in [1.54, 1.807) is 16.2 Å². The van der Waals surface area contributed by atoms with E-state index in [2.05, 4.69) is 10.3 Å². The number of carbonyl (C=O) groups excluding carboxylic acids is 2. The zero-order valence-corrected chi connectivity index (χ0v) is 10.7. The molecule has 0 radical (unpaired) electrons. The molecular weight excluding hydrogens is 238 g/mol. The molecule has 17 heavy (non-hydrogen) atoms. The van der Waals surface area contributed by atoms with Crippen LogP contribution in [0.2, 0.25) is 0 Å². The number of nitrogens with one attached hydrogen (secondary N) is 1. The monoisotopic (exact) mass is 253 g/mol. The smallest absolute Gasteiger partial charge is 0.242 e. The van der Waals surface area contributed by atoms with Crippen LogP contribution in [0.5, 0.6) is 0 Å². The van der Waals surface area contributed by atoms with Crippen molar-refractivity contribution in [1.29, 1.82) is 0 Å². The van der Waals surface area contributed by atoms with Gasteiger partial charge in [0.15, 0.2) is 0 Å². The Morgan fingerprint density at radius 3 is 3.00 bits per heavy atom. The van der Waals surface area contributed by atoms with Gasteiger partial charge in [-0.05, 0) is 13.8 Å². The predicted molar refractivity (Wildman–Crippen MR) is 64.5 cm³/mol. The van der Waals surface area contributed by atoms with Crippen molar-refractivity contribution in [3.63, 3.8) is 0 Å². The van der Waals surface area contributed by atoms with Gasteiger partial charge < -0.3 is 10.2 Å². The lowest BCUT2D eigenvalue weighted by molar-refractivity contribution is -0.132. The van der Waals surface area contributed by atoms with E-state index in [1.807, 2.05) is 19.2 Å². The molecule has 0 aliphatic carbocycles. The lowest BCUT2D eigenvalue weighted by Gasteiger charge is -2.25. The Kier molecular flexibility index (Phi) is 3.42. The van der Waals surface area contributed by atoms with Crippen molar-refractivity contribution in [3.8, 4) is 0 Å². The SMILES string of the molecule is Cc1csc(CN2C(=O)CNC(=O)CC2C)n1. The van der Waals surface area contributed by atoms with Crippen molar-refractivity contribution < 1.29 is 9.59 Å². The summed E-state index contributed by atoms with van der Waals surface area (Å²) >= 11 is 1.54.